The molecule has 0 radical (unpaired) electrons. The highest BCUT2D eigenvalue weighted by Crippen LogP contribution is 2.35. The topological polar surface area (TPSA) is 60.4 Å². The van der Waals surface area contributed by atoms with Crippen LogP contribution in [0.1, 0.15) is 42.0 Å². The molecule has 0 aliphatic carbocycles. The molecule has 29 heavy (non-hydrogen) atoms. The van der Waals surface area contributed by atoms with Crippen LogP contribution in [0.15, 0.2) is 53.4 Å². The van der Waals surface area contributed by atoms with E-state index in [1.165, 1.54) is 0 Å². The molecule has 0 aromatic heterocycles. The average molecular weight is 429 g/mol. The van der Waals surface area contributed by atoms with Crippen molar-refractivity contribution in [3.8, 4) is 5.75 Å². The molecule has 3 rings (SSSR count). The quantitative estimate of drug-likeness (QED) is 0.563. The Balaban J connectivity index is 2.26. The fraction of sp³-hybridized carbons (Fsp3) is 0.261. The van der Waals surface area contributed by atoms with E-state index in [9.17, 15) is 12.6 Å². The standard InChI is InChI=1S/C23H24O4S2/c1-14(2)21-16(4)22(15(3)12-20(21)27-5)23(28-24)29(25,26)19-11-10-17-8-6-7-9-18(17)13-19/h6-14H,1-5H3. The number of ether oxygens (including phenoxy) is 1. The Morgan fingerprint density at radius 3 is 2.24 bits per heavy atom. The highest BCUT2D eigenvalue weighted by Gasteiger charge is 2.29. The lowest BCUT2D eigenvalue weighted by atomic mass is 9.91. The van der Waals surface area contributed by atoms with Gasteiger partial charge in [0.1, 0.15) is 17.0 Å². The zero-order valence-electron chi connectivity index (χ0n) is 17.1. The molecule has 0 saturated heterocycles. The van der Waals surface area contributed by atoms with Crippen LogP contribution in [0.4, 0.5) is 0 Å². The number of benzene rings is 3. The molecule has 0 heterocycles. The maximum absolute atomic E-state index is 13.5. The normalized spacial score (nSPS) is 11.7. The molecule has 0 amide bonds. The Morgan fingerprint density at radius 1 is 1.00 bits per heavy atom. The van der Waals surface area contributed by atoms with Crippen LogP contribution in [-0.4, -0.2) is 23.9 Å². The molecule has 0 spiro atoms. The first-order valence-corrected chi connectivity index (χ1v) is 11.5. The Morgan fingerprint density at radius 2 is 1.66 bits per heavy atom. The van der Waals surface area contributed by atoms with Gasteiger partial charge in [-0.1, -0.05) is 44.2 Å². The first-order valence-electron chi connectivity index (χ1n) is 9.31. The molecule has 0 bridgehead atoms. The number of aryl methyl sites for hydroxylation is 1. The molecule has 3 aromatic rings. The predicted octanol–water partition coefficient (Wildman–Crippen LogP) is 4.75. The summed E-state index contributed by atoms with van der Waals surface area (Å²) in [7, 11) is -2.38. The summed E-state index contributed by atoms with van der Waals surface area (Å²) in [4.78, 5) is 0.121. The number of fused-ring (bicyclic) bond motifs is 1. The van der Waals surface area contributed by atoms with Gasteiger partial charge in [-0.25, -0.2) is 12.6 Å². The summed E-state index contributed by atoms with van der Waals surface area (Å²) < 4.78 is 44.4. The second kappa shape index (κ2) is 8.13. The molecule has 4 nitrogen and oxygen atoms in total. The second-order valence-corrected chi connectivity index (χ2v) is 10.1. The molecule has 0 unspecified atom stereocenters. The molecule has 0 N–H and O–H groups in total. The molecule has 0 atom stereocenters. The van der Waals surface area contributed by atoms with Crippen molar-refractivity contribution in [3.63, 3.8) is 0 Å². The molecular weight excluding hydrogens is 404 g/mol. The van der Waals surface area contributed by atoms with Crippen LogP contribution in [-0.2, 0) is 21.1 Å². The van der Waals surface area contributed by atoms with Crippen LogP contribution < -0.4 is 4.74 Å². The van der Waals surface area contributed by atoms with Crippen molar-refractivity contribution in [1.82, 2.24) is 0 Å². The van der Waals surface area contributed by atoms with Crippen LogP contribution in [0.3, 0.4) is 0 Å². The molecule has 0 aliphatic heterocycles. The molecular formula is C23H24O4S2. The minimum Gasteiger partial charge on any atom is -0.496 e. The first kappa shape index (κ1) is 21.3. The third-order valence-corrected chi connectivity index (χ3v) is 7.92. The fourth-order valence-corrected chi connectivity index (χ4v) is 6.20. The van der Waals surface area contributed by atoms with Crippen molar-refractivity contribution < 1.29 is 17.4 Å². The smallest absolute Gasteiger partial charge is 0.219 e. The number of hydrogen-bond donors (Lipinski definition) is 0. The molecule has 0 aliphatic rings. The van der Waals surface area contributed by atoms with Crippen molar-refractivity contribution in [2.75, 3.05) is 7.11 Å². The average Bonchev–Trinajstić information content (AvgIpc) is 2.69. The van der Waals surface area contributed by atoms with E-state index < -0.39 is 9.84 Å². The maximum Gasteiger partial charge on any atom is 0.219 e. The minimum absolute atomic E-state index is 0.0303. The van der Waals surface area contributed by atoms with E-state index in [0.29, 0.717) is 16.9 Å². The summed E-state index contributed by atoms with van der Waals surface area (Å²) in [5.74, 6) is 0.822. The van der Waals surface area contributed by atoms with Gasteiger partial charge in [-0.3, -0.25) is 0 Å². The monoisotopic (exact) mass is 428 g/mol. The summed E-state index contributed by atoms with van der Waals surface area (Å²) >= 11 is 0.0303. The second-order valence-electron chi connectivity index (χ2n) is 7.35. The molecule has 3 aromatic carbocycles. The van der Waals surface area contributed by atoms with E-state index >= 15 is 0 Å². The lowest BCUT2D eigenvalue weighted by molar-refractivity contribution is 0.406. The summed E-state index contributed by atoms with van der Waals surface area (Å²) in [6.45, 7) is 7.70. The zero-order chi connectivity index (χ0) is 21.3. The van der Waals surface area contributed by atoms with Gasteiger partial charge >= 0.3 is 0 Å². The predicted molar refractivity (Wildman–Crippen MR) is 120 cm³/mol. The highest BCUT2D eigenvalue weighted by molar-refractivity contribution is 8.15. The molecule has 0 saturated carbocycles. The van der Waals surface area contributed by atoms with Crippen molar-refractivity contribution in [1.29, 1.82) is 0 Å². The Kier molecular flexibility index (Phi) is 5.96. The first-order chi connectivity index (χ1) is 13.7. The Bertz CT molecular complexity index is 1250. The van der Waals surface area contributed by atoms with Crippen LogP contribution in [0.25, 0.3) is 10.8 Å². The van der Waals surface area contributed by atoms with Gasteiger partial charge in [0.2, 0.25) is 9.84 Å². The molecule has 152 valence electrons. The lowest BCUT2D eigenvalue weighted by Gasteiger charge is -2.21. The van der Waals surface area contributed by atoms with Gasteiger partial charge in [0.15, 0.2) is 4.20 Å². The van der Waals surface area contributed by atoms with Crippen LogP contribution in [0.2, 0.25) is 0 Å². The van der Waals surface area contributed by atoms with E-state index in [1.54, 1.807) is 32.2 Å². The van der Waals surface area contributed by atoms with Crippen LogP contribution in [0.5, 0.6) is 5.75 Å². The van der Waals surface area contributed by atoms with Gasteiger partial charge < -0.3 is 4.74 Å². The summed E-state index contributed by atoms with van der Waals surface area (Å²) in [6.07, 6.45) is 0. The van der Waals surface area contributed by atoms with Crippen molar-refractivity contribution in [3.05, 3.63) is 70.8 Å². The minimum atomic E-state index is -3.98. The van der Waals surface area contributed by atoms with E-state index in [2.05, 4.69) is 0 Å². The summed E-state index contributed by atoms with van der Waals surface area (Å²) in [6, 6.07) is 14.3. The number of rotatable bonds is 4. The van der Waals surface area contributed by atoms with Crippen molar-refractivity contribution in [2.45, 2.75) is 38.5 Å². The van der Waals surface area contributed by atoms with E-state index in [0.717, 1.165) is 21.9 Å². The fourth-order valence-electron chi connectivity index (χ4n) is 3.82. The SMILES string of the molecule is COc1cc(C)c(C(=S=O)S(=O)(=O)c2ccc3ccccc3c2)c(C)c1C(C)C. The van der Waals surface area contributed by atoms with Crippen LogP contribution >= 0.6 is 0 Å². The molecule has 6 heteroatoms. The maximum atomic E-state index is 13.5. The van der Waals surface area contributed by atoms with Crippen molar-refractivity contribution in [2.24, 2.45) is 0 Å². The third kappa shape index (κ3) is 3.74. The van der Waals surface area contributed by atoms with Crippen LogP contribution in [0, 0.1) is 13.8 Å². The number of methoxy groups -OCH3 is 1. The number of hydrogen-bond acceptors (Lipinski definition) is 4. The third-order valence-electron chi connectivity index (χ3n) is 5.14. The Hall–Kier alpha value is -2.44. The van der Waals surface area contributed by atoms with E-state index in [4.69, 9.17) is 4.74 Å². The number of sulfone groups is 1. The van der Waals surface area contributed by atoms with Gasteiger partial charge in [0.25, 0.3) is 0 Å². The largest absolute Gasteiger partial charge is 0.496 e. The molecule has 0 fully saturated rings. The Labute approximate surface area is 175 Å². The van der Waals surface area contributed by atoms with Gasteiger partial charge in [-0.05, 0) is 59.9 Å². The summed E-state index contributed by atoms with van der Waals surface area (Å²) in [5, 5.41) is 1.76. The summed E-state index contributed by atoms with van der Waals surface area (Å²) in [5.41, 5.74) is 2.85. The van der Waals surface area contributed by atoms with E-state index in [-0.39, 0.29) is 26.3 Å². The van der Waals surface area contributed by atoms with Gasteiger partial charge in [0, 0.05) is 11.1 Å². The zero-order valence-corrected chi connectivity index (χ0v) is 18.8. The highest BCUT2D eigenvalue weighted by atomic mass is 32.2. The van der Waals surface area contributed by atoms with Gasteiger partial charge in [-0.2, -0.15) is 0 Å². The lowest BCUT2D eigenvalue weighted by Crippen LogP contribution is -2.20. The van der Waals surface area contributed by atoms with E-state index in [1.807, 2.05) is 51.1 Å². The van der Waals surface area contributed by atoms with Gasteiger partial charge in [0.05, 0.1) is 12.0 Å². The van der Waals surface area contributed by atoms with Gasteiger partial charge in [-0.15, -0.1) is 0 Å². The van der Waals surface area contributed by atoms with Crippen molar-refractivity contribution >= 4 is 36.1 Å².